The van der Waals surface area contributed by atoms with Crippen molar-refractivity contribution in [3.05, 3.63) is 89.5 Å². The molecule has 0 aromatic heterocycles. The van der Waals surface area contributed by atoms with E-state index in [-0.39, 0.29) is 37.1 Å². The molecule has 0 fully saturated rings. The highest BCUT2D eigenvalue weighted by atomic mass is 16.6. The van der Waals surface area contributed by atoms with Gasteiger partial charge in [-0.15, -0.1) is 0 Å². The van der Waals surface area contributed by atoms with Crippen molar-refractivity contribution >= 4 is 12.0 Å². The van der Waals surface area contributed by atoms with Gasteiger partial charge in [-0.1, -0.05) is 67.1 Å². The SMILES string of the molecule is Cc1ccc(OC(=O)N(C)C[C@H]2OCc3ccccc3-c3ccccc3C(=O)N([C@@H](C)CO)C[C@H]2C)cc1. The van der Waals surface area contributed by atoms with Gasteiger partial charge in [-0.05, 0) is 48.7 Å². The fourth-order valence-electron chi connectivity index (χ4n) is 4.68. The van der Waals surface area contributed by atoms with Crippen LogP contribution < -0.4 is 4.74 Å². The number of hydrogen-bond acceptors (Lipinski definition) is 5. The summed E-state index contributed by atoms with van der Waals surface area (Å²) in [5.74, 6) is 0.195. The molecule has 4 rings (SSSR count). The first-order valence-corrected chi connectivity index (χ1v) is 13.0. The summed E-state index contributed by atoms with van der Waals surface area (Å²) in [6, 6.07) is 22.4. The fourth-order valence-corrected chi connectivity index (χ4v) is 4.68. The average Bonchev–Trinajstić information content (AvgIpc) is 2.95. The quantitative estimate of drug-likeness (QED) is 0.507. The third-order valence-corrected chi connectivity index (χ3v) is 7.09. The Balaban J connectivity index is 1.64. The third kappa shape index (κ3) is 6.23. The number of benzene rings is 3. The lowest BCUT2D eigenvalue weighted by Crippen LogP contribution is -2.47. The number of carbonyl (C=O) groups is 2. The van der Waals surface area contributed by atoms with Gasteiger partial charge in [0.15, 0.2) is 0 Å². The zero-order valence-electron chi connectivity index (χ0n) is 22.5. The zero-order valence-corrected chi connectivity index (χ0v) is 22.5. The first kappa shape index (κ1) is 27.4. The number of nitrogens with zero attached hydrogens (tertiary/aromatic N) is 2. The highest BCUT2D eigenvalue weighted by Gasteiger charge is 2.31. The molecule has 0 bridgehead atoms. The first-order chi connectivity index (χ1) is 18.3. The molecule has 1 aliphatic heterocycles. The summed E-state index contributed by atoms with van der Waals surface area (Å²) >= 11 is 0. The second-order valence-corrected chi connectivity index (χ2v) is 10.1. The van der Waals surface area contributed by atoms with Gasteiger partial charge in [0, 0.05) is 25.1 Å². The number of fused-ring (bicyclic) bond motifs is 3. The molecule has 3 atom stereocenters. The smallest absolute Gasteiger partial charge is 0.410 e. The maximum Gasteiger partial charge on any atom is 0.415 e. The van der Waals surface area contributed by atoms with Crippen LogP contribution >= 0.6 is 0 Å². The summed E-state index contributed by atoms with van der Waals surface area (Å²) < 4.78 is 12.0. The summed E-state index contributed by atoms with van der Waals surface area (Å²) in [5, 5.41) is 9.99. The molecule has 0 radical (unpaired) electrons. The fraction of sp³-hybridized carbons (Fsp3) is 0.355. The van der Waals surface area contributed by atoms with Gasteiger partial charge < -0.3 is 24.4 Å². The number of ether oxygens (including phenoxy) is 2. The molecule has 1 N–H and O–H groups in total. The Morgan fingerprint density at radius 2 is 1.68 bits per heavy atom. The number of hydrogen-bond donors (Lipinski definition) is 1. The van der Waals surface area contributed by atoms with E-state index < -0.39 is 6.09 Å². The van der Waals surface area contributed by atoms with Gasteiger partial charge in [0.05, 0.1) is 31.9 Å². The van der Waals surface area contributed by atoms with Crippen LogP contribution in [-0.2, 0) is 11.3 Å². The van der Waals surface area contributed by atoms with Crippen LogP contribution in [0.1, 0.15) is 35.3 Å². The molecule has 0 spiro atoms. The van der Waals surface area contributed by atoms with E-state index in [9.17, 15) is 14.7 Å². The number of aliphatic hydroxyl groups excluding tert-OH is 1. The summed E-state index contributed by atoms with van der Waals surface area (Å²) in [7, 11) is 1.68. The number of aryl methyl sites for hydroxylation is 1. The third-order valence-electron chi connectivity index (χ3n) is 7.09. The summed E-state index contributed by atoms with van der Waals surface area (Å²) in [6.07, 6.45) is -0.871. The molecule has 0 unspecified atom stereocenters. The van der Waals surface area contributed by atoms with E-state index in [1.54, 1.807) is 24.1 Å². The first-order valence-electron chi connectivity index (χ1n) is 13.0. The summed E-state index contributed by atoms with van der Waals surface area (Å²) in [4.78, 5) is 30.0. The molecule has 0 saturated heterocycles. The minimum Gasteiger partial charge on any atom is -0.410 e. The van der Waals surface area contributed by atoms with Gasteiger partial charge in [0.2, 0.25) is 0 Å². The molecule has 7 nitrogen and oxygen atoms in total. The lowest BCUT2D eigenvalue weighted by atomic mass is 9.94. The van der Waals surface area contributed by atoms with Gasteiger partial charge in [0.25, 0.3) is 5.91 Å². The van der Waals surface area contributed by atoms with Crippen LogP contribution in [0.2, 0.25) is 0 Å². The standard InChI is InChI=1S/C31H36N2O5/c1-21-13-15-25(16-14-21)38-31(36)32(4)18-29-22(2)17-33(23(3)19-34)30(35)28-12-8-7-11-27(28)26-10-6-5-9-24(26)20-37-29/h5-16,22-23,29,34H,17-20H2,1-4H3/t22-,23+,29-/m1/s1. The van der Waals surface area contributed by atoms with Crippen molar-refractivity contribution < 1.29 is 24.2 Å². The Morgan fingerprint density at radius 1 is 1.05 bits per heavy atom. The van der Waals surface area contributed by atoms with E-state index in [1.807, 2.05) is 81.4 Å². The van der Waals surface area contributed by atoms with Crippen LogP contribution in [0.5, 0.6) is 5.75 Å². The molecule has 1 aliphatic rings. The predicted molar refractivity (Wildman–Crippen MR) is 147 cm³/mol. The average molecular weight is 517 g/mol. The minimum atomic E-state index is -0.483. The molecule has 2 amide bonds. The molecule has 7 heteroatoms. The van der Waals surface area contributed by atoms with Crippen LogP contribution in [-0.4, -0.2) is 65.8 Å². The molecule has 200 valence electrons. The van der Waals surface area contributed by atoms with Gasteiger partial charge in [-0.25, -0.2) is 4.79 Å². The highest BCUT2D eigenvalue weighted by Crippen LogP contribution is 2.31. The van der Waals surface area contributed by atoms with Gasteiger partial charge in [-0.3, -0.25) is 4.79 Å². The van der Waals surface area contributed by atoms with Crippen molar-refractivity contribution in [3.8, 4) is 16.9 Å². The van der Waals surface area contributed by atoms with Crippen LogP contribution in [0.4, 0.5) is 4.79 Å². The maximum atomic E-state index is 13.9. The summed E-state index contributed by atoms with van der Waals surface area (Å²) in [5.41, 5.74) is 4.38. The Bertz CT molecular complexity index is 1260. The second kappa shape index (κ2) is 12.2. The predicted octanol–water partition coefficient (Wildman–Crippen LogP) is 5.15. The van der Waals surface area contributed by atoms with Gasteiger partial charge in [0.1, 0.15) is 5.75 Å². The van der Waals surface area contributed by atoms with E-state index in [1.165, 1.54) is 4.90 Å². The minimum absolute atomic E-state index is 0.139. The Morgan fingerprint density at radius 3 is 2.37 bits per heavy atom. The molecular formula is C31H36N2O5. The lowest BCUT2D eigenvalue weighted by molar-refractivity contribution is -0.0205. The van der Waals surface area contributed by atoms with Crippen molar-refractivity contribution in [2.24, 2.45) is 5.92 Å². The van der Waals surface area contributed by atoms with E-state index in [0.29, 0.717) is 24.5 Å². The van der Waals surface area contributed by atoms with Crippen molar-refractivity contribution in [1.82, 2.24) is 9.80 Å². The molecule has 3 aromatic rings. The number of aliphatic hydroxyl groups is 1. The van der Waals surface area contributed by atoms with Crippen LogP contribution in [0.3, 0.4) is 0 Å². The van der Waals surface area contributed by atoms with Crippen molar-refractivity contribution in [1.29, 1.82) is 0 Å². The monoisotopic (exact) mass is 516 g/mol. The van der Waals surface area contributed by atoms with Gasteiger partial charge in [-0.2, -0.15) is 0 Å². The second-order valence-electron chi connectivity index (χ2n) is 10.1. The largest absolute Gasteiger partial charge is 0.415 e. The van der Waals surface area contributed by atoms with E-state index in [4.69, 9.17) is 9.47 Å². The van der Waals surface area contributed by atoms with Crippen molar-refractivity contribution in [2.45, 2.75) is 39.5 Å². The van der Waals surface area contributed by atoms with Crippen LogP contribution in [0.25, 0.3) is 11.1 Å². The Kier molecular flexibility index (Phi) is 8.81. The van der Waals surface area contributed by atoms with E-state index in [0.717, 1.165) is 22.3 Å². The highest BCUT2D eigenvalue weighted by molar-refractivity contribution is 6.01. The molecule has 38 heavy (non-hydrogen) atoms. The topological polar surface area (TPSA) is 79.3 Å². The van der Waals surface area contributed by atoms with Crippen LogP contribution in [0.15, 0.2) is 72.8 Å². The van der Waals surface area contributed by atoms with Crippen molar-refractivity contribution in [2.75, 3.05) is 26.7 Å². The Hall–Kier alpha value is -3.68. The maximum absolute atomic E-state index is 13.9. The Labute approximate surface area is 224 Å². The number of rotatable bonds is 5. The number of likely N-dealkylation sites (N-methyl/N-ethyl adjacent to an activating group) is 1. The van der Waals surface area contributed by atoms with Gasteiger partial charge >= 0.3 is 6.09 Å². The number of carbonyl (C=O) groups excluding carboxylic acids is 2. The van der Waals surface area contributed by atoms with Crippen molar-refractivity contribution in [3.63, 3.8) is 0 Å². The molecule has 0 aliphatic carbocycles. The molecule has 1 heterocycles. The molecular weight excluding hydrogens is 480 g/mol. The summed E-state index contributed by atoms with van der Waals surface area (Å²) in [6.45, 7) is 6.61. The zero-order chi connectivity index (χ0) is 27.2. The lowest BCUT2D eigenvalue weighted by Gasteiger charge is -2.35. The van der Waals surface area contributed by atoms with Crippen LogP contribution in [0, 0.1) is 12.8 Å². The molecule has 0 saturated carbocycles. The number of amides is 2. The van der Waals surface area contributed by atoms with E-state index >= 15 is 0 Å². The normalized spacial score (nSPS) is 18.6. The molecule has 3 aromatic carbocycles. The van der Waals surface area contributed by atoms with E-state index in [2.05, 4.69) is 0 Å².